The summed E-state index contributed by atoms with van der Waals surface area (Å²) in [6.45, 7) is 0.672. The largest absolute Gasteiger partial charge is 0.480 e. The predicted molar refractivity (Wildman–Crippen MR) is 68.8 cm³/mol. The second-order valence-electron chi connectivity index (χ2n) is 3.64. The van der Waals surface area contributed by atoms with Gasteiger partial charge >= 0.3 is 0 Å². The lowest BCUT2D eigenvalue weighted by Gasteiger charge is -2.14. The third-order valence-electron chi connectivity index (χ3n) is 2.42. The number of pyridine rings is 1. The van der Waals surface area contributed by atoms with E-state index >= 15 is 0 Å². The Balaban J connectivity index is 1.96. The molecule has 2 amide bonds. The van der Waals surface area contributed by atoms with E-state index in [2.05, 4.69) is 10.3 Å². The Morgan fingerprint density at radius 1 is 1.67 bits per heavy atom. The maximum absolute atomic E-state index is 11.8. The van der Waals surface area contributed by atoms with Crippen molar-refractivity contribution < 1.29 is 14.3 Å². The van der Waals surface area contributed by atoms with Gasteiger partial charge in [-0.2, -0.15) is 0 Å². The second-order valence-corrected chi connectivity index (χ2v) is 4.69. The van der Waals surface area contributed by atoms with Gasteiger partial charge in [0, 0.05) is 18.5 Å². The summed E-state index contributed by atoms with van der Waals surface area (Å²) >= 11 is 1.23. The molecule has 1 aromatic heterocycles. The van der Waals surface area contributed by atoms with Gasteiger partial charge < -0.3 is 15.0 Å². The molecule has 1 fully saturated rings. The number of carbonyl (C=O) groups is 2. The molecular weight excluding hydrogens is 254 g/mol. The van der Waals surface area contributed by atoms with Crippen molar-refractivity contribution in [3.63, 3.8) is 0 Å². The Kier molecular flexibility index (Phi) is 4.03. The average molecular weight is 267 g/mol. The van der Waals surface area contributed by atoms with E-state index in [1.54, 1.807) is 18.3 Å². The molecule has 1 saturated heterocycles. The van der Waals surface area contributed by atoms with Crippen molar-refractivity contribution in [1.82, 2.24) is 9.88 Å². The van der Waals surface area contributed by atoms with Crippen LogP contribution in [0.5, 0.6) is 5.88 Å². The molecule has 96 valence electrons. The zero-order chi connectivity index (χ0) is 13.0. The van der Waals surface area contributed by atoms with E-state index in [9.17, 15) is 9.59 Å². The summed E-state index contributed by atoms with van der Waals surface area (Å²) in [7, 11) is 1.48. The number of rotatable bonds is 4. The molecular formula is C11H13N3O3S. The molecule has 6 nitrogen and oxygen atoms in total. The van der Waals surface area contributed by atoms with Crippen LogP contribution in [0.4, 0.5) is 10.5 Å². The minimum atomic E-state index is -0.253. The van der Waals surface area contributed by atoms with E-state index in [0.717, 1.165) is 5.75 Å². The van der Waals surface area contributed by atoms with Crippen LogP contribution in [0.1, 0.15) is 0 Å². The Hall–Kier alpha value is -1.76. The fourth-order valence-corrected chi connectivity index (χ4v) is 2.41. The van der Waals surface area contributed by atoms with Gasteiger partial charge in [-0.1, -0.05) is 11.8 Å². The number of aromatic nitrogens is 1. The lowest BCUT2D eigenvalue weighted by molar-refractivity contribution is -0.116. The summed E-state index contributed by atoms with van der Waals surface area (Å²) in [4.78, 5) is 28.6. The first-order chi connectivity index (χ1) is 8.70. The van der Waals surface area contributed by atoms with Crippen molar-refractivity contribution in [3.8, 4) is 5.88 Å². The van der Waals surface area contributed by atoms with Crippen molar-refractivity contribution in [2.75, 3.05) is 31.3 Å². The molecule has 0 atom stereocenters. The van der Waals surface area contributed by atoms with Gasteiger partial charge in [0.05, 0.1) is 7.11 Å². The lowest BCUT2D eigenvalue weighted by Crippen LogP contribution is -2.33. The first kappa shape index (κ1) is 12.7. The second kappa shape index (κ2) is 5.72. The number of anilines is 1. The molecule has 0 aromatic carbocycles. The zero-order valence-corrected chi connectivity index (χ0v) is 10.7. The monoisotopic (exact) mass is 267 g/mol. The van der Waals surface area contributed by atoms with Crippen molar-refractivity contribution in [2.45, 2.75) is 0 Å². The van der Waals surface area contributed by atoms with Crippen LogP contribution in [0.25, 0.3) is 0 Å². The molecule has 0 aliphatic carbocycles. The van der Waals surface area contributed by atoms with Crippen molar-refractivity contribution in [2.24, 2.45) is 0 Å². The van der Waals surface area contributed by atoms with E-state index in [-0.39, 0.29) is 17.7 Å². The van der Waals surface area contributed by atoms with Crippen LogP contribution >= 0.6 is 11.8 Å². The highest BCUT2D eigenvalue weighted by atomic mass is 32.2. The van der Waals surface area contributed by atoms with Crippen LogP contribution in [-0.4, -0.2) is 47.0 Å². The Morgan fingerprint density at radius 3 is 3.17 bits per heavy atom. The molecule has 0 unspecified atom stereocenters. The van der Waals surface area contributed by atoms with Gasteiger partial charge in [0.2, 0.25) is 11.8 Å². The molecule has 2 rings (SSSR count). The maximum Gasteiger partial charge on any atom is 0.282 e. The van der Waals surface area contributed by atoms with Crippen LogP contribution in [0.2, 0.25) is 0 Å². The maximum atomic E-state index is 11.8. The summed E-state index contributed by atoms with van der Waals surface area (Å²) in [5, 5.41) is 2.63. The minimum Gasteiger partial charge on any atom is -0.480 e. The Bertz CT molecular complexity index is 467. The fraction of sp³-hybridized carbons (Fsp3) is 0.364. The molecule has 2 heterocycles. The number of carbonyl (C=O) groups excluding carboxylic acids is 2. The molecule has 0 bridgehead atoms. The lowest BCUT2D eigenvalue weighted by atomic mass is 10.4. The van der Waals surface area contributed by atoms with E-state index in [1.165, 1.54) is 23.8 Å². The number of methoxy groups -OCH3 is 1. The van der Waals surface area contributed by atoms with Crippen molar-refractivity contribution in [3.05, 3.63) is 18.3 Å². The topological polar surface area (TPSA) is 71.5 Å². The van der Waals surface area contributed by atoms with E-state index < -0.39 is 0 Å². The number of amides is 2. The first-order valence-electron chi connectivity index (χ1n) is 5.41. The molecule has 1 aromatic rings. The van der Waals surface area contributed by atoms with Gasteiger partial charge in [-0.05, 0) is 12.1 Å². The minimum absolute atomic E-state index is 0.0525. The molecule has 0 radical (unpaired) electrons. The first-order valence-corrected chi connectivity index (χ1v) is 6.40. The third kappa shape index (κ3) is 2.92. The van der Waals surface area contributed by atoms with Gasteiger partial charge in [0.1, 0.15) is 12.2 Å². The number of thioether (sulfide) groups is 1. The quantitative estimate of drug-likeness (QED) is 0.887. The van der Waals surface area contributed by atoms with Gasteiger partial charge in [-0.3, -0.25) is 9.59 Å². The van der Waals surface area contributed by atoms with Crippen LogP contribution in [0.3, 0.4) is 0 Å². The number of nitrogens with one attached hydrogen (secondary N) is 1. The van der Waals surface area contributed by atoms with Crippen LogP contribution in [0, 0.1) is 0 Å². The van der Waals surface area contributed by atoms with Crippen LogP contribution < -0.4 is 10.1 Å². The Labute approximate surface area is 109 Å². The molecule has 7 heteroatoms. The number of hydrogen-bond donors (Lipinski definition) is 1. The Morgan fingerprint density at radius 2 is 2.50 bits per heavy atom. The van der Waals surface area contributed by atoms with E-state index in [1.807, 2.05) is 0 Å². The highest BCUT2D eigenvalue weighted by Gasteiger charge is 2.23. The SMILES string of the molecule is COc1ncccc1NC(=O)CN1CCSC1=O. The van der Waals surface area contributed by atoms with E-state index in [4.69, 9.17) is 4.74 Å². The fourth-order valence-electron chi connectivity index (χ4n) is 1.58. The van der Waals surface area contributed by atoms with Crippen LogP contribution in [0.15, 0.2) is 18.3 Å². The van der Waals surface area contributed by atoms with E-state index in [0.29, 0.717) is 18.1 Å². The molecule has 0 spiro atoms. The van der Waals surface area contributed by atoms with Gasteiger partial charge in [-0.15, -0.1) is 0 Å². The number of nitrogens with zero attached hydrogens (tertiary/aromatic N) is 2. The van der Waals surface area contributed by atoms with Crippen LogP contribution in [-0.2, 0) is 4.79 Å². The standard InChI is InChI=1S/C11H13N3O3S/c1-17-10-8(3-2-4-12-10)13-9(15)7-14-5-6-18-11(14)16/h2-4H,5-7H2,1H3,(H,13,15). The van der Waals surface area contributed by atoms with Gasteiger partial charge in [-0.25, -0.2) is 4.98 Å². The average Bonchev–Trinajstić information content (AvgIpc) is 2.75. The molecule has 1 aliphatic rings. The highest BCUT2D eigenvalue weighted by molar-refractivity contribution is 8.13. The summed E-state index contributed by atoms with van der Waals surface area (Å²) in [6.07, 6.45) is 1.58. The summed E-state index contributed by atoms with van der Waals surface area (Å²) in [5.74, 6) is 0.840. The van der Waals surface area contributed by atoms with Crippen molar-refractivity contribution >= 4 is 28.6 Å². The molecule has 1 N–H and O–H groups in total. The van der Waals surface area contributed by atoms with Gasteiger partial charge in [0.25, 0.3) is 5.24 Å². The summed E-state index contributed by atoms with van der Waals surface area (Å²) < 4.78 is 5.03. The molecule has 18 heavy (non-hydrogen) atoms. The normalized spacial score (nSPS) is 14.7. The highest BCUT2D eigenvalue weighted by Crippen LogP contribution is 2.20. The number of ether oxygens (including phenoxy) is 1. The zero-order valence-electron chi connectivity index (χ0n) is 9.88. The summed E-state index contributed by atoms with van der Waals surface area (Å²) in [5.41, 5.74) is 0.504. The molecule has 1 aliphatic heterocycles. The van der Waals surface area contributed by atoms with Crippen molar-refractivity contribution in [1.29, 1.82) is 0 Å². The third-order valence-corrected chi connectivity index (χ3v) is 3.31. The van der Waals surface area contributed by atoms with Gasteiger partial charge in [0.15, 0.2) is 0 Å². The smallest absolute Gasteiger partial charge is 0.282 e. The number of hydrogen-bond acceptors (Lipinski definition) is 5. The molecule has 0 saturated carbocycles. The summed E-state index contributed by atoms with van der Waals surface area (Å²) in [6, 6.07) is 3.40. The predicted octanol–water partition coefficient (Wildman–Crippen LogP) is 1.20.